The van der Waals surface area contributed by atoms with Crippen molar-refractivity contribution in [3.05, 3.63) is 46.5 Å². The van der Waals surface area contributed by atoms with Crippen molar-refractivity contribution in [3.63, 3.8) is 0 Å². The van der Waals surface area contributed by atoms with Crippen LogP contribution < -0.4 is 21.5 Å². The highest BCUT2D eigenvalue weighted by Crippen LogP contribution is 2.29. The molecule has 2 fully saturated rings. The fourth-order valence-electron chi connectivity index (χ4n) is 4.39. The van der Waals surface area contributed by atoms with Crippen LogP contribution in [0.3, 0.4) is 0 Å². The van der Waals surface area contributed by atoms with E-state index in [2.05, 4.69) is 26.0 Å². The summed E-state index contributed by atoms with van der Waals surface area (Å²) in [5.74, 6) is 0.713. The van der Waals surface area contributed by atoms with Gasteiger partial charge in [-0.2, -0.15) is 9.61 Å². The highest BCUT2D eigenvalue weighted by atomic mass is 16.5. The zero-order chi connectivity index (χ0) is 23.2. The molecule has 5 rings (SSSR count). The number of aromatic nitrogens is 4. The van der Waals surface area contributed by atoms with Gasteiger partial charge in [-0.3, -0.25) is 9.59 Å². The van der Waals surface area contributed by atoms with Gasteiger partial charge in [-0.05, 0) is 38.3 Å². The lowest BCUT2D eigenvalue weighted by molar-refractivity contribution is -0.0247. The number of pyridine rings is 1. The number of hydrogen-bond acceptors (Lipinski definition) is 8. The zero-order valence-electron chi connectivity index (χ0n) is 18.5. The van der Waals surface area contributed by atoms with Crippen molar-refractivity contribution in [1.82, 2.24) is 24.5 Å². The topological polar surface area (TPSA) is 135 Å². The number of anilines is 3. The Labute approximate surface area is 189 Å². The van der Waals surface area contributed by atoms with Gasteiger partial charge in [0.2, 0.25) is 0 Å². The Morgan fingerprint density at radius 2 is 2.18 bits per heavy atom. The van der Waals surface area contributed by atoms with Crippen molar-refractivity contribution in [3.8, 4) is 0 Å². The van der Waals surface area contributed by atoms with Gasteiger partial charge in [0.05, 0.1) is 31.1 Å². The average molecular weight is 454 g/mol. The number of rotatable bonds is 6. The lowest BCUT2D eigenvalue weighted by Gasteiger charge is -2.28. The number of aliphatic hydroxyl groups is 1. The predicted molar refractivity (Wildman–Crippen MR) is 122 cm³/mol. The summed E-state index contributed by atoms with van der Waals surface area (Å²) in [6, 6.07) is 5.14. The number of ether oxygens (including phenoxy) is 1. The van der Waals surface area contributed by atoms with Gasteiger partial charge in [0, 0.05) is 25.4 Å². The Kier molecular flexibility index (Phi) is 5.29. The van der Waals surface area contributed by atoms with Gasteiger partial charge in [-0.25, -0.2) is 4.98 Å². The van der Waals surface area contributed by atoms with Crippen molar-refractivity contribution in [2.75, 3.05) is 30.9 Å². The highest BCUT2D eigenvalue weighted by molar-refractivity contribution is 6.00. The number of hydrogen-bond donors (Lipinski definition) is 4. The van der Waals surface area contributed by atoms with Crippen LogP contribution in [0.15, 0.2) is 35.4 Å². The molecule has 1 amide bonds. The Hall–Kier alpha value is -3.44. The van der Waals surface area contributed by atoms with E-state index >= 15 is 0 Å². The number of amides is 1. The van der Waals surface area contributed by atoms with E-state index in [1.807, 2.05) is 0 Å². The third-order valence-corrected chi connectivity index (χ3v) is 6.28. The molecule has 0 radical (unpaired) electrons. The first-order valence-corrected chi connectivity index (χ1v) is 11.0. The number of fused-ring (bicyclic) bond motifs is 1. The Morgan fingerprint density at radius 1 is 1.36 bits per heavy atom. The second-order valence-corrected chi connectivity index (χ2v) is 8.93. The fraction of sp³-hybridized carbons (Fsp3) is 0.455. The Balaban J connectivity index is 1.45. The number of nitrogens with zero attached hydrogens (tertiary/aromatic N) is 4. The molecule has 4 heterocycles. The van der Waals surface area contributed by atoms with Crippen LogP contribution >= 0.6 is 0 Å². The molecule has 11 nitrogen and oxygen atoms in total. The second kappa shape index (κ2) is 8.16. The van der Waals surface area contributed by atoms with Crippen molar-refractivity contribution in [2.45, 2.75) is 43.9 Å². The maximum atomic E-state index is 13.0. The quantitative estimate of drug-likeness (QED) is 0.438. The van der Waals surface area contributed by atoms with Crippen molar-refractivity contribution < 1.29 is 14.6 Å². The highest BCUT2D eigenvalue weighted by Gasteiger charge is 2.34. The molecule has 1 saturated carbocycles. The van der Waals surface area contributed by atoms with Crippen LogP contribution in [0.25, 0.3) is 5.65 Å². The van der Waals surface area contributed by atoms with Crippen molar-refractivity contribution >= 4 is 28.9 Å². The standard InChI is InChI=1S/C22H27N7O4/c1-22(32)6-5-13(9-22)25-20(30)15-10-24-29-18(23-2)8-17(27-19(15)29)26-16-4-3-7-28(21(16)31)14-11-33-12-14/h3-4,7-8,10,13-14,23,32H,5-6,9,11-12H2,1-2H3,(H,25,30)(H,26,27)/t13?,22-/m0/s1. The molecule has 1 saturated heterocycles. The summed E-state index contributed by atoms with van der Waals surface area (Å²) in [5, 5.41) is 23.6. The van der Waals surface area contributed by atoms with Crippen LogP contribution in [-0.2, 0) is 4.74 Å². The van der Waals surface area contributed by atoms with Gasteiger partial charge in [0.25, 0.3) is 11.5 Å². The van der Waals surface area contributed by atoms with Crippen molar-refractivity contribution in [1.29, 1.82) is 0 Å². The summed E-state index contributed by atoms with van der Waals surface area (Å²) < 4.78 is 8.40. The van der Waals surface area contributed by atoms with E-state index in [1.165, 1.54) is 6.20 Å². The first kappa shape index (κ1) is 21.4. The van der Waals surface area contributed by atoms with Gasteiger partial charge in [0.1, 0.15) is 22.9 Å². The van der Waals surface area contributed by atoms with E-state index < -0.39 is 5.60 Å². The summed E-state index contributed by atoms with van der Waals surface area (Å²) in [4.78, 5) is 30.5. The van der Waals surface area contributed by atoms with Gasteiger partial charge in [-0.1, -0.05) is 0 Å². The molecule has 0 bridgehead atoms. The lowest BCUT2D eigenvalue weighted by atomic mass is 10.1. The van der Waals surface area contributed by atoms with Gasteiger partial charge >= 0.3 is 0 Å². The van der Waals surface area contributed by atoms with Crippen LogP contribution in [0.4, 0.5) is 17.3 Å². The molecular formula is C22H27N7O4. The van der Waals surface area contributed by atoms with Crippen LogP contribution in [0.1, 0.15) is 42.6 Å². The minimum atomic E-state index is -0.762. The maximum Gasteiger partial charge on any atom is 0.274 e. The fourth-order valence-corrected chi connectivity index (χ4v) is 4.39. The first-order chi connectivity index (χ1) is 15.8. The molecule has 0 spiro atoms. The van der Waals surface area contributed by atoms with E-state index in [1.54, 1.807) is 47.4 Å². The van der Waals surface area contributed by atoms with Gasteiger partial charge in [0.15, 0.2) is 5.65 Å². The van der Waals surface area contributed by atoms with Crippen LogP contribution in [0.5, 0.6) is 0 Å². The normalized spacial score (nSPS) is 22.8. The molecule has 4 N–H and O–H groups in total. The average Bonchev–Trinajstić information content (AvgIpc) is 3.31. The van der Waals surface area contributed by atoms with E-state index in [0.29, 0.717) is 61.0 Å². The van der Waals surface area contributed by atoms with Crippen LogP contribution in [0, 0.1) is 0 Å². The van der Waals surface area contributed by atoms with E-state index in [0.717, 1.165) is 0 Å². The number of carbonyl (C=O) groups excluding carboxylic acids is 1. The van der Waals surface area contributed by atoms with Crippen LogP contribution in [0.2, 0.25) is 0 Å². The maximum absolute atomic E-state index is 13.0. The molecule has 33 heavy (non-hydrogen) atoms. The predicted octanol–water partition coefficient (Wildman–Crippen LogP) is 1.28. The number of carbonyl (C=O) groups is 1. The third-order valence-electron chi connectivity index (χ3n) is 6.28. The SMILES string of the molecule is CNc1cc(Nc2cccn(C3COC3)c2=O)nc2c(C(=O)NC3CC[C@](C)(O)C3)cnn12. The summed E-state index contributed by atoms with van der Waals surface area (Å²) in [5.41, 5.74) is 0.122. The molecule has 3 aromatic heterocycles. The zero-order valence-corrected chi connectivity index (χ0v) is 18.5. The molecule has 1 aliphatic heterocycles. The second-order valence-electron chi connectivity index (χ2n) is 8.93. The van der Waals surface area contributed by atoms with E-state index in [-0.39, 0.29) is 23.6 Å². The largest absolute Gasteiger partial charge is 0.390 e. The summed E-state index contributed by atoms with van der Waals surface area (Å²) >= 11 is 0. The molecule has 2 atom stereocenters. The summed E-state index contributed by atoms with van der Waals surface area (Å²) in [6.45, 7) is 2.81. The minimum Gasteiger partial charge on any atom is -0.390 e. The molecule has 3 aromatic rings. The molecule has 174 valence electrons. The summed E-state index contributed by atoms with van der Waals surface area (Å²) in [7, 11) is 1.74. The van der Waals surface area contributed by atoms with Crippen molar-refractivity contribution in [2.24, 2.45) is 0 Å². The van der Waals surface area contributed by atoms with Crippen LogP contribution in [-0.4, -0.2) is 62.1 Å². The molecular weight excluding hydrogens is 426 g/mol. The molecule has 2 aliphatic rings. The van der Waals surface area contributed by atoms with E-state index in [4.69, 9.17) is 4.74 Å². The monoisotopic (exact) mass is 453 g/mol. The molecule has 0 aromatic carbocycles. The number of nitrogens with one attached hydrogen (secondary N) is 3. The summed E-state index contributed by atoms with van der Waals surface area (Å²) in [6.07, 6.45) is 5.08. The molecule has 1 unspecified atom stereocenters. The third kappa shape index (κ3) is 4.05. The Morgan fingerprint density at radius 3 is 2.85 bits per heavy atom. The van der Waals surface area contributed by atoms with Gasteiger partial charge < -0.3 is 30.4 Å². The smallest absolute Gasteiger partial charge is 0.274 e. The Bertz CT molecular complexity index is 1260. The first-order valence-electron chi connectivity index (χ1n) is 11.0. The lowest BCUT2D eigenvalue weighted by Crippen LogP contribution is -2.37. The van der Waals surface area contributed by atoms with E-state index in [9.17, 15) is 14.7 Å². The minimum absolute atomic E-state index is 0.0315. The van der Waals surface area contributed by atoms with Gasteiger partial charge in [-0.15, -0.1) is 0 Å². The molecule has 1 aliphatic carbocycles. The molecule has 11 heteroatoms.